The van der Waals surface area contributed by atoms with E-state index < -0.39 is 23.2 Å². The van der Waals surface area contributed by atoms with Crippen LogP contribution in [0.15, 0.2) is 36.7 Å². The van der Waals surface area contributed by atoms with E-state index in [2.05, 4.69) is 15.4 Å². The summed E-state index contributed by atoms with van der Waals surface area (Å²) < 4.78 is 38.7. The van der Waals surface area contributed by atoms with Crippen molar-refractivity contribution in [2.24, 2.45) is 12.5 Å². The number of pyridine rings is 1. The second kappa shape index (κ2) is 9.99. The lowest BCUT2D eigenvalue weighted by Crippen LogP contribution is -2.20. The molecule has 0 fully saturated rings. The molecule has 9 heteroatoms. The second-order valence-corrected chi connectivity index (χ2v) is 10.1. The highest BCUT2D eigenvalue weighted by Crippen LogP contribution is 2.36. The number of aliphatic hydroxyl groups is 1. The predicted octanol–water partition coefficient (Wildman–Crippen LogP) is 4.74. The van der Waals surface area contributed by atoms with E-state index in [1.165, 1.54) is 6.07 Å². The number of aromatic nitrogens is 4. The number of hydrogen-bond acceptors (Lipinski definition) is 5. The molecule has 0 unspecified atom stereocenters. The van der Waals surface area contributed by atoms with Crippen LogP contribution in [0, 0.1) is 24.0 Å². The Morgan fingerprint density at radius 3 is 2.61 bits per heavy atom. The molecule has 1 aromatic carbocycles. The average Bonchev–Trinajstić information content (AvgIpc) is 3.36. The van der Waals surface area contributed by atoms with E-state index in [-0.39, 0.29) is 12.4 Å². The van der Waals surface area contributed by atoms with Gasteiger partial charge in [0.05, 0.1) is 24.2 Å². The Hall–Kier alpha value is -3.30. The molecule has 0 amide bonds. The molecule has 0 aliphatic rings. The van der Waals surface area contributed by atoms with Crippen molar-refractivity contribution in [2.75, 3.05) is 13.7 Å². The highest BCUT2D eigenvalue weighted by atomic mass is 19.2. The number of fused-ring (bicyclic) bond motifs is 1. The number of aryl methyl sites for hydroxylation is 1. The predicted molar refractivity (Wildman–Crippen MR) is 135 cm³/mol. The smallest absolute Gasteiger partial charge is 0.201 e. The van der Waals surface area contributed by atoms with Gasteiger partial charge in [0.2, 0.25) is 5.82 Å². The van der Waals surface area contributed by atoms with Gasteiger partial charge in [-0.2, -0.15) is 9.49 Å². The summed E-state index contributed by atoms with van der Waals surface area (Å²) >= 11 is 0. The molecule has 2 N–H and O–H groups in total. The Morgan fingerprint density at radius 2 is 1.92 bits per heavy atom. The van der Waals surface area contributed by atoms with Crippen molar-refractivity contribution in [1.82, 2.24) is 24.5 Å². The van der Waals surface area contributed by atoms with E-state index in [0.717, 1.165) is 28.7 Å². The van der Waals surface area contributed by atoms with Crippen LogP contribution in [-0.4, -0.2) is 37.9 Å². The van der Waals surface area contributed by atoms with Crippen molar-refractivity contribution < 1.29 is 18.6 Å². The van der Waals surface area contributed by atoms with Crippen molar-refractivity contribution in [3.63, 3.8) is 0 Å². The molecule has 1 atom stereocenters. The van der Waals surface area contributed by atoms with Gasteiger partial charge in [0.1, 0.15) is 11.8 Å². The third kappa shape index (κ3) is 4.85. The van der Waals surface area contributed by atoms with Crippen LogP contribution in [0.4, 0.5) is 8.78 Å². The highest BCUT2D eigenvalue weighted by Gasteiger charge is 2.30. The summed E-state index contributed by atoms with van der Waals surface area (Å²) in [6.07, 6.45) is 3.22. The van der Waals surface area contributed by atoms with E-state index in [1.807, 2.05) is 64.5 Å². The molecule has 0 saturated heterocycles. The molecule has 192 valence electrons. The van der Waals surface area contributed by atoms with Crippen molar-refractivity contribution in [3.8, 4) is 16.9 Å². The standard InChI is InChI=1S/C27H33F2N5O2/c1-16-19(24(32-33(16)6)26(35)27(2,3)4)11-12-36-25-20(8-9-21(28)23(25)29)17-7-10-22-31-14-18(13-30-5)34(22)15-17/h7-10,14-15,26,30,35H,11-13H2,1-6H3/t26-/m0/s1. The Labute approximate surface area is 209 Å². The number of halogens is 2. The molecule has 3 aromatic heterocycles. The fraction of sp³-hybridized carbons (Fsp3) is 0.407. The van der Waals surface area contributed by atoms with Crippen LogP contribution in [0.2, 0.25) is 0 Å². The quantitative estimate of drug-likeness (QED) is 0.368. The number of ether oxygens (including phenoxy) is 1. The molecule has 7 nitrogen and oxygen atoms in total. The van der Waals surface area contributed by atoms with Gasteiger partial charge in [-0.3, -0.25) is 4.68 Å². The largest absolute Gasteiger partial charge is 0.489 e. The summed E-state index contributed by atoms with van der Waals surface area (Å²) in [5, 5.41) is 18.5. The number of nitrogens with zero attached hydrogens (tertiary/aromatic N) is 4. The van der Waals surface area contributed by atoms with Gasteiger partial charge in [0, 0.05) is 48.6 Å². The molecule has 0 saturated carbocycles. The molecule has 3 heterocycles. The first-order valence-corrected chi connectivity index (χ1v) is 11.9. The number of hydrogen-bond donors (Lipinski definition) is 2. The first-order chi connectivity index (χ1) is 17.0. The Kier molecular flexibility index (Phi) is 7.15. The highest BCUT2D eigenvalue weighted by molar-refractivity contribution is 5.71. The van der Waals surface area contributed by atoms with Gasteiger partial charge in [0.25, 0.3) is 0 Å². The van der Waals surface area contributed by atoms with Gasteiger partial charge in [-0.15, -0.1) is 0 Å². The maximum atomic E-state index is 15.0. The zero-order valence-corrected chi connectivity index (χ0v) is 21.6. The van der Waals surface area contributed by atoms with Crippen LogP contribution in [0.5, 0.6) is 5.75 Å². The van der Waals surface area contributed by atoms with E-state index >= 15 is 0 Å². The van der Waals surface area contributed by atoms with Gasteiger partial charge in [-0.05, 0) is 43.7 Å². The number of imidazole rings is 1. The first-order valence-electron chi connectivity index (χ1n) is 11.9. The molecule has 0 bridgehead atoms. The fourth-order valence-corrected chi connectivity index (χ4v) is 4.27. The summed E-state index contributed by atoms with van der Waals surface area (Å²) in [6.45, 7) is 8.43. The molecule has 36 heavy (non-hydrogen) atoms. The molecular formula is C27H33F2N5O2. The van der Waals surface area contributed by atoms with Gasteiger partial charge in [-0.1, -0.05) is 20.8 Å². The molecule has 0 spiro atoms. The van der Waals surface area contributed by atoms with Crippen LogP contribution in [-0.2, 0) is 20.0 Å². The average molecular weight is 498 g/mol. The minimum absolute atomic E-state index is 0.0854. The molecule has 0 aliphatic heterocycles. The van der Waals surface area contributed by atoms with Gasteiger partial charge in [-0.25, -0.2) is 9.37 Å². The Morgan fingerprint density at radius 1 is 1.17 bits per heavy atom. The summed E-state index contributed by atoms with van der Waals surface area (Å²) in [6, 6.07) is 6.27. The molecular weight excluding hydrogens is 464 g/mol. The first kappa shape index (κ1) is 25.8. The lowest BCUT2D eigenvalue weighted by molar-refractivity contribution is 0.0575. The van der Waals surface area contributed by atoms with Crippen LogP contribution in [0.1, 0.15) is 49.5 Å². The van der Waals surface area contributed by atoms with E-state index in [4.69, 9.17) is 4.74 Å². The lowest BCUT2D eigenvalue weighted by atomic mass is 9.85. The third-order valence-electron chi connectivity index (χ3n) is 6.47. The number of aliphatic hydroxyl groups excluding tert-OH is 1. The SMILES string of the molecule is CNCc1cnc2ccc(-c3ccc(F)c(F)c3OCCc3c([C@H](O)C(C)(C)C)nn(C)c3C)cn12. The minimum Gasteiger partial charge on any atom is -0.489 e. The van der Waals surface area contributed by atoms with Crippen LogP contribution < -0.4 is 10.1 Å². The van der Waals surface area contributed by atoms with Gasteiger partial charge >= 0.3 is 0 Å². The monoisotopic (exact) mass is 497 g/mol. The molecule has 0 radical (unpaired) electrons. The van der Waals surface area contributed by atoms with Gasteiger partial charge in [0.15, 0.2) is 11.6 Å². The summed E-state index contributed by atoms with van der Waals surface area (Å²) in [5.74, 6) is -2.16. The number of nitrogens with one attached hydrogen (secondary N) is 1. The Bertz CT molecular complexity index is 1390. The van der Waals surface area contributed by atoms with Crippen molar-refractivity contribution in [3.05, 3.63) is 70.9 Å². The topological polar surface area (TPSA) is 76.6 Å². The summed E-state index contributed by atoms with van der Waals surface area (Å²) in [4.78, 5) is 4.39. The third-order valence-corrected chi connectivity index (χ3v) is 6.47. The van der Waals surface area contributed by atoms with Crippen LogP contribution >= 0.6 is 0 Å². The van der Waals surface area contributed by atoms with Crippen molar-refractivity contribution in [2.45, 2.75) is 46.8 Å². The second-order valence-electron chi connectivity index (χ2n) is 10.1. The van der Waals surface area contributed by atoms with Crippen LogP contribution in [0.3, 0.4) is 0 Å². The van der Waals surface area contributed by atoms with E-state index in [0.29, 0.717) is 29.8 Å². The van der Waals surface area contributed by atoms with Crippen molar-refractivity contribution >= 4 is 5.65 Å². The van der Waals surface area contributed by atoms with Gasteiger partial charge < -0.3 is 19.6 Å². The zero-order chi connectivity index (χ0) is 26.2. The number of benzene rings is 1. The maximum absolute atomic E-state index is 15.0. The van der Waals surface area contributed by atoms with E-state index in [9.17, 15) is 13.9 Å². The number of rotatable bonds is 8. The summed E-state index contributed by atoms with van der Waals surface area (Å²) in [7, 11) is 3.66. The van der Waals surface area contributed by atoms with E-state index in [1.54, 1.807) is 10.9 Å². The summed E-state index contributed by atoms with van der Waals surface area (Å²) in [5.41, 5.74) is 4.72. The maximum Gasteiger partial charge on any atom is 0.201 e. The van der Waals surface area contributed by atoms with Crippen LogP contribution in [0.25, 0.3) is 16.8 Å². The lowest BCUT2D eigenvalue weighted by Gasteiger charge is -2.25. The normalized spacial score (nSPS) is 12.9. The molecule has 4 aromatic rings. The zero-order valence-electron chi connectivity index (χ0n) is 21.6. The minimum atomic E-state index is -1.04. The fourth-order valence-electron chi connectivity index (χ4n) is 4.27. The van der Waals surface area contributed by atoms with Crippen molar-refractivity contribution in [1.29, 1.82) is 0 Å². The molecule has 0 aliphatic carbocycles. The Balaban J connectivity index is 1.65. The molecule has 4 rings (SSSR count).